The number of ether oxygens (including phenoxy) is 5. The van der Waals surface area contributed by atoms with Crippen LogP contribution in [-0.4, -0.2) is 116 Å². The van der Waals surface area contributed by atoms with Crippen molar-refractivity contribution in [2.45, 2.75) is 68.3 Å². The number of fused-ring (bicyclic) bond motifs is 1. The van der Waals surface area contributed by atoms with Gasteiger partial charge >= 0.3 is 0 Å². The summed E-state index contributed by atoms with van der Waals surface area (Å²) in [5, 5.41) is 81.2. The van der Waals surface area contributed by atoms with E-state index in [2.05, 4.69) is 0 Å². The molecule has 15 heteroatoms. The zero-order valence-electron chi connectivity index (χ0n) is 22.9. The van der Waals surface area contributed by atoms with Crippen LogP contribution < -0.4 is 19.6 Å². The molecule has 2 saturated heterocycles. The van der Waals surface area contributed by atoms with Gasteiger partial charge in [-0.1, -0.05) is 0 Å². The van der Waals surface area contributed by atoms with E-state index in [1.807, 2.05) is 0 Å². The number of aromatic hydroxyl groups is 1. The van der Waals surface area contributed by atoms with Crippen molar-refractivity contribution >= 4 is 11.0 Å². The predicted molar refractivity (Wildman–Crippen MR) is 144 cm³/mol. The number of phenols is 1. The van der Waals surface area contributed by atoms with Crippen LogP contribution in [0.5, 0.6) is 23.0 Å². The van der Waals surface area contributed by atoms with Gasteiger partial charge in [-0.2, -0.15) is 0 Å². The molecule has 8 N–H and O–H groups in total. The number of phenolic OH excluding ortho intramolecular Hbond substituents is 1. The molecule has 0 spiro atoms. The zero-order chi connectivity index (χ0) is 31.2. The average Bonchev–Trinajstić information content (AvgIpc) is 2.99. The van der Waals surface area contributed by atoms with E-state index in [9.17, 15) is 45.6 Å². The van der Waals surface area contributed by atoms with Crippen LogP contribution in [0.25, 0.3) is 22.3 Å². The van der Waals surface area contributed by atoms with Gasteiger partial charge in [0.05, 0.1) is 19.8 Å². The second-order valence-electron chi connectivity index (χ2n) is 10.2. The Balaban J connectivity index is 1.58. The molecule has 0 saturated carbocycles. The molecule has 2 aliphatic heterocycles. The monoisotopic (exact) mass is 608 g/mol. The van der Waals surface area contributed by atoms with Crippen molar-refractivity contribution in [3.05, 3.63) is 46.6 Å². The molecule has 0 amide bonds. The molecule has 0 unspecified atom stereocenters. The molecule has 1 aromatic heterocycles. The minimum absolute atomic E-state index is 0.173. The number of hydrogen-bond acceptors (Lipinski definition) is 15. The Morgan fingerprint density at radius 2 is 1.42 bits per heavy atom. The van der Waals surface area contributed by atoms with Gasteiger partial charge in [0.2, 0.25) is 23.8 Å². The minimum Gasteiger partial charge on any atom is -0.507 e. The van der Waals surface area contributed by atoms with E-state index < -0.39 is 84.9 Å². The van der Waals surface area contributed by atoms with Crippen molar-refractivity contribution < 1.29 is 69.0 Å². The van der Waals surface area contributed by atoms with Gasteiger partial charge < -0.3 is 69.0 Å². The van der Waals surface area contributed by atoms with Crippen molar-refractivity contribution in [3.63, 3.8) is 0 Å². The molecule has 2 fully saturated rings. The highest BCUT2D eigenvalue weighted by atomic mass is 16.7. The maximum Gasteiger partial charge on any atom is 0.239 e. The maximum atomic E-state index is 13.8. The van der Waals surface area contributed by atoms with Crippen LogP contribution in [0.4, 0.5) is 0 Å². The van der Waals surface area contributed by atoms with Gasteiger partial charge in [-0.15, -0.1) is 0 Å². The van der Waals surface area contributed by atoms with Crippen LogP contribution in [0.15, 0.2) is 45.6 Å². The van der Waals surface area contributed by atoms with Crippen LogP contribution in [0, 0.1) is 0 Å². The van der Waals surface area contributed by atoms with Crippen LogP contribution in [0.2, 0.25) is 0 Å². The summed E-state index contributed by atoms with van der Waals surface area (Å²) in [5.41, 5.74) is -0.807. The highest BCUT2D eigenvalue weighted by molar-refractivity contribution is 5.88. The quantitative estimate of drug-likeness (QED) is 0.153. The molecule has 234 valence electrons. The maximum absolute atomic E-state index is 13.8. The molecular weight excluding hydrogens is 576 g/mol. The molecule has 10 atom stereocenters. The van der Waals surface area contributed by atoms with E-state index in [0.29, 0.717) is 11.3 Å². The molecule has 0 radical (unpaired) electrons. The largest absolute Gasteiger partial charge is 0.507 e. The molecule has 2 aliphatic rings. The summed E-state index contributed by atoms with van der Waals surface area (Å²) >= 11 is 0. The lowest BCUT2D eigenvalue weighted by Gasteiger charge is -2.39. The third kappa shape index (κ3) is 5.74. The second-order valence-corrected chi connectivity index (χ2v) is 10.2. The van der Waals surface area contributed by atoms with E-state index >= 15 is 0 Å². The van der Waals surface area contributed by atoms with E-state index in [1.54, 1.807) is 24.3 Å². The highest BCUT2D eigenvalue weighted by Crippen LogP contribution is 2.38. The number of aliphatic hydroxyl groups excluding tert-OH is 7. The van der Waals surface area contributed by atoms with Gasteiger partial charge in [-0.25, -0.2) is 0 Å². The number of benzene rings is 2. The first kappa shape index (κ1) is 30.9. The van der Waals surface area contributed by atoms with Crippen LogP contribution >= 0.6 is 0 Å². The number of rotatable bonds is 7. The third-order valence-corrected chi connectivity index (χ3v) is 7.40. The van der Waals surface area contributed by atoms with E-state index in [0.717, 1.165) is 6.07 Å². The van der Waals surface area contributed by atoms with Gasteiger partial charge in [0.15, 0.2) is 5.76 Å². The molecular formula is C28H32O15. The Bertz CT molecular complexity index is 1490. The highest BCUT2D eigenvalue weighted by Gasteiger charge is 2.45. The van der Waals surface area contributed by atoms with Gasteiger partial charge in [-0.05, 0) is 31.2 Å². The Morgan fingerprint density at radius 1 is 0.791 bits per heavy atom. The standard InChI is InChI=1S/C28H32O15/c1-10-18(31)21(34)23(36)27(39-10)43-26-20(33)17-14(30)7-13(40-28-24(37)22(35)19(32)16(9-29)42-28)8-15(17)41-25(26)11-3-5-12(38-2)6-4-11/h3-8,10,16,18-19,21-24,27-32,34-37H,9H2,1-2H3/t10-,16-,18-,19-,21-,22-,23-,24+,27-,28+/m0/s1. The summed E-state index contributed by atoms with van der Waals surface area (Å²) in [4.78, 5) is 13.8. The molecule has 0 aliphatic carbocycles. The number of hydrogen-bond donors (Lipinski definition) is 8. The lowest BCUT2D eigenvalue weighted by Crippen LogP contribution is -2.60. The summed E-state index contributed by atoms with van der Waals surface area (Å²) in [6.07, 6.45) is -15.3. The molecule has 15 nitrogen and oxygen atoms in total. The first-order chi connectivity index (χ1) is 20.4. The zero-order valence-corrected chi connectivity index (χ0v) is 22.9. The number of methoxy groups -OCH3 is 1. The summed E-state index contributed by atoms with van der Waals surface area (Å²) in [6, 6.07) is 8.45. The van der Waals surface area contributed by atoms with Gasteiger partial charge in [0, 0.05) is 17.7 Å². The molecule has 3 aromatic rings. The van der Waals surface area contributed by atoms with Crippen molar-refractivity contribution in [1.82, 2.24) is 0 Å². The first-order valence-electron chi connectivity index (χ1n) is 13.3. The lowest BCUT2D eigenvalue weighted by atomic mass is 9.99. The molecule has 0 bridgehead atoms. The van der Waals surface area contributed by atoms with Crippen LogP contribution in [-0.2, 0) is 9.47 Å². The smallest absolute Gasteiger partial charge is 0.239 e. The Kier molecular flexibility index (Phi) is 8.80. The Labute approximate surface area is 243 Å². The van der Waals surface area contributed by atoms with Gasteiger partial charge in [0.1, 0.15) is 70.9 Å². The van der Waals surface area contributed by atoms with Crippen LogP contribution in [0.3, 0.4) is 0 Å². The van der Waals surface area contributed by atoms with Crippen molar-refractivity contribution in [1.29, 1.82) is 0 Å². The van der Waals surface area contributed by atoms with Gasteiger partial charge in [-0.3, -0.25) is 4.79 Å². The summed E-state index contributed by atoms with van der Waals surface area (Å²) in [5.74, 6) is -1.00. The van der Waals surface area contributed by atoms with Crippen molar-refractivity contribution in [2.24, 2.45) is 0 Å². The van der Waals surface area contributed by atoms with E-state index in [1.165, 1.54) is 20.1 Å². The number of aliphatic hydroxyl groups is 7. The fourth-order valence-corrected chi connectivity index (χ4v) is 4.89. The third-order valence-electron chi connectivity index (χ3n) is 7.40. The van der Waals surface area contributed by atoms with Gasteiger partial charge in [0.25, 0.3) is 0 Å². The summed E-state index contributed by atoms with van der Waals surface area (Å²) in [6.45, 7) is 0.747. The van der Waals surface area contributed by atoms with Crippen molar-refractivity contribution in [2.75, 3.05) is 13.7 Å². The second kappa shape index (κ2) is 12.2. The minimum atomic E-state index is -1.76. The molecule has 43 heavy (non-hydrogen) atoms. The topological polar surface area (TPSA) is 238 Å². The fourth-order valence-electron chi connectivity index (χ4n) is 4.89. The summed E-state index contributed by atoms with van der Waals surface area (Å²) < 4.78 is 33.4. The summed E-state index contributed by atoms with van der Waals surface area (Å²) in [7, 11) is 1.46. The Hall–Kier alpha value is -3.51. The molecule has 2 aromatic carbocycles. The van der Waals surface area contributed by atoms with E-state index in [4.69, 9.17) is 28.1 Å². The fraction of sp³-hybridized carbons (Fsp3) is 0.464. The van der Waals surface area contributed by atoms with Crippen molar-refractivity contribution in [3.8, 4) is 34.3 Å². The average molecular weight is 609 g/mol. The molecule has 5 rings (SSSR count). The lowest BCUT2D eigenvalue weighted by molar-refractivity contribution is -0.277. The normalized spacial score (nSPS) is 32.9. The Morgan fingerprint density at radius 3 is 2.05 bits per heavy atom. The SMILES string of the molecule is COc1ccc(-c2oc3cc(O[C@@H]4O[C@@H](CO)[C@H](O)[C@H](O)[C@H]4O)cc(O)c3c(=O)c2O[C@@H]2O[C@@H](C)[C@H](O)[C@H](O)[C@@H]2O)cc1. The van der Waals surface area contributed by atoms with Crippen LogP contribution in [0.1, 0.15) is 6.92 Å². The first-order valence-corrected chi connectivity index (χ1v) is 13.3. The molecule has 3 heterocycles. The predicted octanol–water partition coefficient (Wildman–Crippen LogP) is -1.44. The van der Waals surface area contributed by atoms with E-state index in [-0.39, 0.29) is 22.5 Å².